The molecule has 0 amide bonds. The highest BCUT2D eigenvalue weighted by Gasteiger charge is 2.20. The maximum Gasteiger partial charge on any atom is 0.242 e. The standard InChI is InChI=1S/C16H28N4O2S.HI/c1-6-13(3)19-16(17-7-2)18-12-14-10-8-9-11-15(14)23(21,22)20(4)5;/h8-11,13H,6-7,12H2,1-5H3,(H2,17,18,19);1H. The first-order valence-electron chi connectivity index (χ1n) is 7.88. The van der Waals surface area contributed by atoms with Gasteiger partial charge in [0.25, 0.3) is 0 Å². The molecular formula is C16H29IN4O2S. The van der Waals surface area contributed by atoms with Gasteiger partial charge in [-0.1, -0.05) is 25.1 Å². The summed E-state index contributed by atoms with van der Waals surface area (Å²) in [7, 11) is -0.409. The van der Waals surface area contributed by atoms with Crippen molar-refractivity contribution in [2.45, 2.75) is 44.7 Å². The third-order valence-corrected chi connectivity index (χ3v) is 5.39. The van der Waals surface area contributed by atoms with Crippen LogP contribution in [0.4, 0.5) is 0 Å². The van der Waals surface area contributed by atoms with Gasteiger partial charge >= 0.3 is 0 Å². The molecule has 0 radical (unpaired) electrons. The molecule has 0 heterocycles. The number of sulfonamides is 1. The van der Waals surface area contributed by atoms with Gasteiger partial charge in [0.2, 0.25) is 10.0 Å². The second kappa shape index (κ2) is 10.9. The second-order valence-electron chi connectivity index (χ2n) is 5.54. The van der Waals surface area contributed by atoms with Crippen molar-refractivity contribution in [2.75, 3.05) is 20.6 Å². The first-order valence-corrected chi connectivity index (χ1v) is 9.32. The molecule has 0 aliphatic carbocycles. The van der Waals surface area contributed by atoms with Crippen molar-refractivity contribution >= 4 is 40.0 Å². The van der Waals surface area contributed by atoms with Crippen molar-refractivity contribution in [3.63, 3.8) is 0 Å². The molecule has 0 aromatic heterocycles. The van der Waals surface area contributed by atoms with Crippen molar-refractivity contribution in [3.8, 4) is 0 Å². The van der Waals surface area contributed by atoms with Crippen LogP contribution in [0.15, 0.2) is 34.2 Å². The summed E-state index contributed by atoms with van der Waals surface area (Å²) in [4.78, 5) is 4.82. The molecule has 0 fully saturated rings. The maximum absolute atomic E-state index is 12.4. The molecular weight excluding hydrogens is 439 g/mol. The maximum atomic E-state index is 12.4. The summed E-state index contributed by atoms with van der Waals surface area (Å²) < 4.78 is 26.0. The topological polar surface area (TPSA) is 73.8 Å². The number of nitrogens with zero attached hydrogens (tertiary/aromatic N) is 2. The quantitative estimate of drug-likeness (QED) is 0.366. The van der Waals surface area contributed by atoms with Crippen LogP contribution < -0.4 is 10.6 Å². The molecule has 6 nitrogen and oxygen atoms in total. The molecule has 0 bridgehead atoms. The molecule has 0 aliphatic rings. The Hall–Kier alpha value is -0.870. The number of guanidine groups is 1. The zero-order chi connectivity index (χ0) is 17.5. The molecule has 0 saturated heterocycles. The molecule has 2 N–H and O–H groups in total. The van der Waals surface area contributed by atoms with E-state index < -0.39 is 10.0 Å². The first-order chi connectivity index (χ1) is 10.8. The minimum atomic E-state index is -3.47. The number of benzene rings is 1. The van der Waals surface area contributed by atoms with Gasteiger partial charge in [0.15, 0.2) is 5.96 Å². The van der Waals surface area contributed by atoms with E-state index in [1.165, 1.54) is 18.4 Å². The van der Waals surface area contributed by atoms with Crippen LogP contribution in [0.25, 0.3) is 0 Å². The number of hydrogen-bond acceptors (Lipinski definition) is 3. The van der Waals surface area contributed by atoms with Crippen LogP contribution in [-0.2, 0) is 16.6 Å². The summed E-state index contributed by atoms with van der Waals surface area (Å²) in [5, 5.41) is 6.48. The Balaban J connectivity index is 0.00000529. The zero-order valence-corrected chi connectivity index (χ0v) is 18.2. The van der Waals surface area contributed by atoms with E-state index in [9.17, 15) is 8.42 Å². The van der Waals surface area contributed by atoms with E-state index >= 15 is 0 Å². The van der Waals surface area contributed by atoms with Crippen molar-refractivity contribution < 1.29 is 8.42 Å². The predicted octanol–water partition coefficient (Wildman–Crippen LogP) is 2.41. The average molecular weight is 468 g/mol. The summed E-state index contributed by atoms with van der Waals surface area (Å²) in [5.41, 5.74) is 0.683. The van der Waals surface area contributed by atoms with E-state index in [2.05, 4.69) is 29.5 Å². The monoisotopic (exact) mass is 468 g/mol. The lowest BCUT2D eigenvalue weighted by atomic mass is 10.2. The van der Waals surface area contributed by atoms with Gasteiger partial charge in [-0.25, -0.2) is 17.7 Å². The molecule has 1 rings (SSSR count). The highest BCUT2D eigenvalue weighted by molar-refractivity contribution is 14.0. The third kappa shape index (κ3) is 6.56. The molecule has 0 spiro atoms. The molecule has 8 heteroatoms. The van der Waals surface area contributed by atoms with E-state index in [4.69, 9.17) is 0 Å². The van der Waals surface area contributed by atoms with E-state index in [-0.39, 0.29) is 24.0 Å². The van der Waals surface area contributed by atoms with Crippen molar-refractivity contribution in [1.29, 1.82) is 0 Å². The fraction of sp³-hybridized carbons (Fsp3) is 0.562. The minimum absolute atomic E-state index is 0. The Morgan fingerprint density at radius 1 is 1.25 bits per heavy atom. The summed E-state index contributed by atoms with van der Waals surface area (Å²) in [6, 6.07) is 7.27. The molecule has 1 atom stereocenters. The number of halogens is 1. The average Bonchev–Trinajstić information content (AvgIpc) is 2.52. The highest BCUT2D eigenvalue weighted by Crippen LogP contribution is 2.19. The number of rotatable bonds is 7. The second-order valence-corrected chi connectivity index (χ2v) is 7.66. The summed E-state index contributed by atoms with van der Waals surface area (Å²) in [6.45, 7) is 7.23. The van der Waals surface area contributed by atoms with E-state index in [0.717, 1.165) is 13.0 Å². The van der Waals surface area contributed by atoms with Gasteiger partial charge in [-0.3, -0.25) is 0 Å². The molecule has 1 aromatic carbocycles. The van der Waals surface area contributed by atoms with E-state index in [0.29, 0.717) is 29.0 Å². The van der Waals surface area contributed by atoms with Gasteiger partial charge in [-0.2, -0.15) is 0 Å². The van der Waals surface area contributed by atoms with Crippen LogP contribution in [-0.4, -0.2) is 45.4 Å². The lowest BCUT2D eigenvalue weighted by molar-refractivity contribution is 0.519. The fourth-order valence-electron chi connectivity index (χ4n) is 1.90. The molecule has 24 heavy (non-hydrogen) atoms. The van der Waals surface area contributed by atoms with E-state index in [1.54, 1.807) is 18.2 Å². The van der Waals surface area contributed by atoms with Crippen LogP contribution in [0.2, 0.25) is 0 Å². The molecule has 0 aliphatic heterocycles. The molecule has 138 valence electrons. The van der Waals surface area contributed by atoms with Gasteiger partial charge < -0.3 is 10.6 Å². The number of aliphatic imine (C=N–C) groups is 1. The van der Waals surface area contributed by atoms with Crippen molar-refractivity contribution in [1.82, 2.24) is 14.9 Å². The van der Waals surface area contributed by atoms with Crippen molar-refractivity contribution in [3.05, 3.63) is 29.8 Å². The van der Waals surface area contributed by atoms with E-state index in [1.807, 2.05) is 13.0 Å². The van der Waals surface area contributed by atoms with Gasteiger partial charge in [0.1, 0.15) is 0 Å². The third-order valence-electron chi connectivity index (χ3n) is 3.48. The largest absolute Gasteiger partial charge is 0.357 e. The summed E-state index contributed by atoms with van der Waals surface area (Å²) >= 11 is 0. The van der Waals surface area contributed by atoms with Gasteiger partial charge in [-0.15, -0.1) is 24.0 Å². The predicted molar refractivity (Wildman–Crippen MR) is 110 cm³/mol. The minimum Gasteiger partial charge on any atom is -0.357 e. The molecule has 1 aromatic rings. The summed E-state index contributed by atoms with van der Waals surface area (Å²) in [5.74, 6) is 0.693. The molecule has 0 saturated carbocycles. The van der Waals surface area contributed by atoms with Gasteiger partial charge in [-0.05, 0) is 31.9 Å². The van der Waals surface area contributed by atoms with Crippen LogP contribution in [0.3, 0.4) is 0 Å². The van der Waals surface area contributed by atoms with Crippen molar-refractivity contribution in [2.24, 2.45) is 4.99 Å². The SMILES string of the molecule is CCNC(=NCc1ccccc1S(=O)(=O)N(C)C)NC(C)CC.I. The van der Waals surface area contributed by atoms with Crippen LogP contribution in [0.1, 0.15) is 32.8 Å². The highest BCUT2D eigenvalue weighted by atomic mass is 127. The summed E-state index contributed by atoms with van der Waals surface area (Å²) in [6.07, 6.45) is 0.982. The fourth-order valence-corrected chi connectivity index (χ4v) is 3.01. The van der Waals surface area contributed by atoms with Crippen LogP contribution >= 0.6 is 24.0 Å². The van der Waals surface area contributed by atoms with Crippen LogP contribution in [0.5, 0.6) is 0 Å². The number of hydrogen-bond donors (Lipinski definition) is 2. The lowest BCUT2D eigenvalue weighted by Gasteiger charge is -2.17. The Morgan fingerprint density at radius 2 is 1.88 bits per heavy atom. The van der Waals surface area contributed by atoms with Crippen LogP contribution in [0, 0.1) is 0 Å². The Morgan fingerprint density at radius 3 is 2.42 bits per heavy atom. The Bertz CT molecular complexity index is 633. The number of nitrogens with one attached hydrogen (secondary N) is 2. The lowest BCUT2D eigenvalue weighted by Crippen LogP contribution is -2.42. The van der Waals surface area contributed by atoms with Gasteiger partial charge in [0.05, 0.1) is 11.4 Å². The normalized spacial score (nSPS) is 13.3. The Labute approximate surface area is 163 Å². The molecule has 1 unspecified atom stereocenters. The smallest absolute Gasteiger partial charge is 0.242 e. The first kappa shape index (κ1) is 23.1. The zero-order valence-electron chi connectivity index (χ0n) is 15.0. The Kier molecular flexibility index (Phi) is 10.5. The van der Waals surface area contributed by atoms with Gasteiger partial charge in [0, 0.05) is 26.7 Å².